The zero-order chi connectivity index (χ0) is 29.9. The predicted molar refractivity (Wildman–Crippen MR) is 179 cm³/mol. The molecule has 0 N–H and O–H groups in total. The van der Waals surface area contributed by atoms with Crippen molar-refractivity contribution in [1.82, 2.24) is 5.01 Å². The van der Waals surface area contributed by atoms with Crippen molar-refractivity contribution in [3.8, 4) is 0 Å². The van der Waals surface area contributed by atoms with Crippen LogP contribution in [0.2, 0.25) is 10.0 Å². The molecule has 5 nitrogen and oxygen atoms in total. The number of carbonyl (C=O) groups is 2. The van der Waals surface area contributed by atoms with Gasteiger partial charge in [-0.25, -0.2) is 5.01 Å². The number of hydrogen-bond acceptors (Lipinski definition) is 5. The Labute approximate surface area is 273 Å². The summed E-state index contributed by atoms with van der Waals surface area (Å²) in [7, 11) is 0. The normalized spacial score (nSPS) is 18.9. The largest absolute Gasteiger partial charge is 0.455 e. The molecule has 1 aliphatic carbocycles. The number of amides is 1. The summed E-state index contributed by atoms with van der Waals surface area (Å²) in [5.74, 6) is -0.725. The van der Waals surface area contributed by atoms with Crippen LogP contribution < -0.4 is 0 Å². The van der Waals surface area contributed by atoms with Crippen molar-refractivity contribution in [3.63, 3.8) is 0 Å². The summed E-state index contributed by atoms with van der Waals surface area (Å²) in [6.07, 6.45) is 4.86. The molecule has 0 radical (unpaired) electrons. The number of fused-ring (bicyclic) bond motifs is 2. The molecule has 0 unspecified atom stereocenters. The zero-order valence-electron chi connectivity index (χ0n) is 23.0. The molecule has 43 heavy (non-hydrogen) atoms. The average molecular weight is 694 g/mol. The number of carbonyl (C=O) groups excluding carboxylic acids is 2. The van der Waals surface area contributed by atoms with Gasteiger partial charge in [0.05, 0.1) is 17.5 Å². The number of benzene rings is 4. The molecule has 1 heterocycles. The molecule has 1 aliphatic heterocycles. The smallest absolute Gasteiger partial charge is 0.316 e. The van der Waals surface area contributed by atoms with Gasteiger partial charge < -0.3 is 4.74 Å². The van der Waals surface area contributed by atoms with Gasteiger partial charge in [-0.3, -0.25) is 9.59 Å². The maximum Gasteiger partial charge on any atom is 0.316 e. The van der Waals surface area contributed by atoms with Crippen LogP contribution in [0.3, 0.4) is 0 Å². The number of esters is 1. The Balaban J connectivity index is 1.18. The van der Waals surface area contributed by atoms with E-state index in [-0.39, 0.29) is 30.2 Å². The minimum Gasteiger partial charge on any atom is -0.455 e. The van der Waals surface area contributed by atoms with Gasteiger partial charge in [0.25, 0.3) is 5.91 Å². The first-order valence-electron chi connectivity index (χ1n) is 14.0. The van der Waals surface area contributed by atoms with Crippen LogP contribution in [0.1, 0.15) is 36.4 Å². The van der Waals surface area contributed by atoms with Crippen molar-refractivity contribution in [2.45, 2.75) is 30.2 Å². The summed E-state index contributed by atoms with van der Waals surface area (Å²) in [4.78, 5) is 27.3. The molecule has 0 bridgehead atoms. The molecule has 0 spiro atoms. The molecule has 2 atom stereocenters. The summed E-state index contributed by atoms with van der Waals surface area (Å²) >= 11 is 17.3. The van der Waals surface area contributed by atoms with Gasteiger partial charge in [0.1, 0.15) is 0 Å². The number of thioether (sulfide) groups is 1. The van der Waals surface area contributed by atoms with Crippen molar-refractivity contribution in [2.24, 2.45) is 11.0 Å². The van der Waals surface area contributed by atoms with E-state index < -0.39 is 5.97 Å². The zero-order valence-corrected chi connectivity index (χ0v) is 26.9. The fourth-order valence-electron chi connectivity index (χ4n) is 5.67. The summed E-state index contributed by atoms with van der Waals surface area (Å²) < 4.78 is 6.41. The van der Waals surface area contributed by atoms with Crippen LogP contribution in [0, 0.1) is 5.92 Å². The first kappa shape index (κ1) is 29.9. The second-order valence-corrected chi connectivity index (χ2v) is 13.2. The summed E-state index contributed by atoms with van der Waals surface area (Å²) in [6, 6.07) is 26.9. The quantitative estimate of drug-likeness (QED) is 0.143. The van der Waals surface area contributed by atoms with Gasteiger partial charge in [0.2, 0.25) is 0 Å². The molecule has 1 fully saturated rings. The average Bonchev–Trinajstić information content (AvgIpc) is 3.42. The highest BCUT2D eigenvalue weighted by Gasteiger charge is 2.43. The number of ether oxygens (including phenoxy) is 1. The van der Waals surface area contributed by atoms with Gasteiger partial charge in [-0.1, -0.05) is 77.8 Å². The van der Waals surface area contributed by atoms with Crippen molar-refractivity contribution in [3.05, 3.63) is 116 Å². The Morgan fingerprint density at radius 3 is 2.47 bits per heavy atom. The second kappa shape index (κ2) is 13.3. The van der Waals surface area contributed by atoms with Crippen molar-refractivity contribution in [2.75, 3.05) is 12.4 Å². The van der Waals surface area contributed by atoms with Crippen molar-refractivity contribution < 1.29 is 14.3 Å². The number of allylic oxidation sites excluding steroid dienone is 1. The molecule has 6 rings (SSSR count). The Morgan fingerprint density at radius 1 is 0.977 bits per heavy atom. The van der Waals surface area contributed by atoms with Gasteiger partial charge in [-0.05, 0) is 99.1 Å². The highest BCUT2D eigenvalue weighted by molar-refractivity contribution is 9.10. The Hall–Kier alpha value is -3.10. The molecular formula is C34H27BrCl2N2O3S. The molecule has 4 aromatic carbocycles. The van der Waals surface area contributed by atoms with Gasteiger partial charge in [0, 0.05) is 25.3 Å². The first-order valence-corrected chi connectivity index (χ1v) is 16.5. The molecule has 9 heteroatoms. The summed E-state index contributed by atoms with van der Waals surface area (Å²) in [6.45, 7) is -0.387. The Morgan fingerprint density at radius 2 is 1.70 bits per heavy atom. The number of rotatable bonds is 7. The van der Waals surface area contributed by atoms with Crippen LogP contribution >= 0.6 is 50.9 Å². The van der Waals surface area contributed by atoms with Crippen molar-refractivity contribution in [1.29, 1.82) is 0 Å². The van der Waals surface area contributed by atoms with Crippen LogP contribution in [0.15, 0.2) is 105 Å². The lowest BCUT2D eigenvalue weighted by Gasteiger charge is -2.29. The minimum absolute atomic E-state index is 0.0222. The molecule has 0 saturated heterocycles. The third-order valence-electron chi connectivity index (χ3n) is 7.71. The number of hydrogen-bond donors (Lipinski definition) is 0. The van der Waals surface area contributed by atoms with E-state index in [0.717, 1.165) is 61.8 Å². The lowest BCUT2D eigenvalue weighted by atomic mass is 9.77. The minimum atomic E-state index is -0.464. The topological polar surface area (TPSA) is 59.0 Å². The SMILES string of the molecule is O=C(CSc1ccc2ccccc2c1Br)OCC(=O)N1N=C2/C(=C\c3ccc(Cl)cc3)CCC[C@H]2[C@H]1c1ccc(Cl)cc1. The molecule has 2 aliphatic rings. The second-order valence-electron chi connectivity index (χ2n) is 10.5. The monoisotopic (exact) mass is 692 g/mol. The third kappa shape index (κ3) is 6.70. The Bertz CT molecular complexity index is 1740. The van der Waals surface area contributed by atoms with Gasteiger partial charge >= 0.3 is 5.97 Å². The highest BCUT2D eigenvalue weighted by Crippen LogP contribution is 2.44. The van der Waals surface area contributed by atoms with E-state index in [4.69, 9.17) is 33.0 Å². The standard InChI is InChI=1S/C34H27BrCl2N2O3S/c35-32-27-6-2-1-4-22(27)12-17-29(32)43-20-31(41)42-19-30(40)39-34(23-10-15-26(37)16-11-23)28-7-3-5-24(33(28)38-39)18-21-8-13-25(36)14-9-21/h1-2,4,6,8-18,28,34H,3,5,7,19-20H2/b24-18-/t28-,34-/m1/s1. The fourth-order valence-corrected chi connectivity index (χ4v) is 7.52. The van der Waals surface area contributed by atoms with E-state index >= 15 is 0 Å². The third-order valence-corrected chi connectivity index (χ3v) is 10.4. The van der Waals surface area contributed by atoms with Gasteiger partial charge in [0.15, 0.2) is 6.61 Å². The maximum absolute atomic E-state index is 13.6. The predicted octanol–water partition coefficient (Wildman–Crippen LogP) is 9.37. The number of hydrazone groups is 1. The molecule has 218 valence electrons. The van der Waals surface area contributed by atoms with E-state index in [1.165, 1.54) is 16.8 Å². The molecule has 4 aromatic rings. The van der Waals surface area contributed by atoms with E-state index in [9.17, 15) is 9.59 Å². The maximum atomic E-state index is 13.6. The molecule has 1 amide bonds. The van der Waals surface area contributed by atoms with Crippen LogP contribution in [0.5, 0.6) is 0 Å². The fraction of sp³-hybridized carbons (Fsp3) is 0.206. The highest BCUT2D eigenvalue weighted by atomic mass is 79.9. The molecular weight excluding hydrogens is 667 g/mol. The van der Waals surface area contributed by atoms with E-state index in [1.807, 2.05) is 84.9 Å². The lowest BCUT2D eigenvalue weighted by Crippen LogP contribution is -2.34. The van der Waals surface area contributed by atoms with E-state index in [1.54, 1.807) is 0 Å². The molecule has 0 aromatic heterocycles. The van der Waals surface area contributed by atoms with Crippen LogP contribution in [-0.4, -0.2) is 35.0 Å². The van der Waals surface area contributed by atoms with Crippen molar-refractivity contribution >= 4 is 85.3 Å². The van der Waals surface area contributed by atoms with Crippen LogP contribution in [0.4, 0.5) is 0 Å². The summed E-state index contributed by atoms with van der Waals surface area (Å²) in [5.41, 5.74) is 3.97. The van der Waals surface area contributed by atoms with Gasteiger partial charge in [-0.2, -0.15) is 5.10 Å². The molecule has 1 saturated carbocycles. The van der Waals surface area contributed by atoms with Gasteiger partial charge in [-0.15, -0.1) is 11.8 Å². The van der Waals surface area contributed by atoms with E-state index in [2.05, 4.69) is 22.0 Å². The summed E-state index contributed by atoms with van der Waals surface area (Å²) in [5, 5.41) is 9.86. The lowest BCUT2D eigenvalue weighted by molar-refractivity contribution is -0.151. The van der Waals surface area contributed by atoms with Crippen LogP contribution in [-0.2, 0) is 14.3 Å². The number of halogens is 3. The van der Waals surface area contributed by atoms with E-state index in [0.29, 0.717) is 10.0 Å². The first-order chi connectivity index (χ1) is 20.9. The number of nitrogens with zero attached hydrogens (tertiary/aromatic N) is 2. The van der Waals surface area contributed by atoms with Crippen LogP contribution in [0.25, 0.3) is 16.8 Å². The Kier molecular flexibility index (Phi) is 9.24.